The third-order valence-corrected chi connectivity index (χ3v) is 4.15. The number of likely N-dealkylation sites (tertiary alicyclic amines) is 1. The minimum atomic E-state index is -0.572. The Morgan fingerprint density at radius 3 is 2.29 bits per heavy atom. The zero-order valence-electron chi connectivity index (χ0n) is 14.5. The lowest BCUT2D eigenvalue weighted by Crippen LogP contribution is -2.45. The molecular weight excluding hydrogens is 310 g/mol. The Balaban J connectivity index is 1.84. The lowest BCUT2D eigenvalue weighted by molar-refractivity contribution is -0.152. The van der Waals surface area contributed by atoms with Gasteiger partial charge in [0.05, 0.1) is 19.6 Å². The number of methoxy groups -OCH3 is 1. The minimum Gasteiger partial charge on any atom is -0.497 e. The van der Waals surface area contributed by atoms with Crippen molar-refractivity contribution in [3.63, 3.8) is 0 Å². The van der Waals surface area contributed by atoms with Gasteiger partial charge in [-0.1, -0.05) is 0 Å². The molecule has 0 aromatic heterocycles. The Morgan fingerprint density at radius 2 is 1.75 bits per heavy atom. The molecule has 0 spiro atoms. The third kappa shape index (κ3) is 4.63. The Labute approximate surface area is 142 Å². The number of rotatable bonds is 6. The van der Waals surface area contributed by atoms with Gasteiger partial charge in [0.15, 0.2) is 6.10 Å². The molecule has 132 valence electrons. The smallest absolute Gasteiger partial charge is 0.309 e. The van der Waals surface area contributed by atoms with Crippen molar-refractivity contribution in [3.8, 4) is 11.5 Å². The van der Waals surface area contributed by atoms with Crippen molar-refractivity contribution in [2.75, 3.05) is 26.8 Å². The summed E-state index contributed by atoms with van der Waals surface area (Å²) in [7, 11) is 1.60. The van der Waals surface area contributed by atoms with Gasteiger partial charge in [0.1, 0.15) is 11.5 Å². The summed E-state index contributed by atoms with van der Waals surface area (Å²) in [5.74, 6) is 1.03. The van der Waals surface area contributed by atoms with Gasteiger partial charge in [-0.2, -0.15) is 0 Å². The quantitative estimate of drug-likeness (QED) is 0.746. The molecule has 6 nitrogen and oxygen atoms in total. The van der Waals surface area contributed by atoms with Gasteiger partial charge in [-0.05, 0) is 51.0 Å². The molecule has 1 aliphatic rings. The summed E-state index contributed by atoms with van der Waals surface area (Å²) in [4.78, 5) is 26.0. The second kappa shape index (κ2) is 8.57. The molecule has 1 heterocycles. The molecule has 2 rings (SSSR count). The van der Waals surface area contributed by atoms with Gasteiger partial charge >= 0.3 is 5.97 Å². The highest BCUT2D eigenvalue weighted by Crippen LogP contribution is 2.21. The maximum absolute atomic E-state index is 12.5. The molecule has 1 fully saturated rings. The van der Waals surface area contributed by atoms with Crippen molar-refractivity contribution in [1.82, 2.24) is 4.90 Å². The summed E-state index contributed by atoms with van der Waals surface area (Å²) in [5, 5.41) is 0. The number of hydrogen-bond donors (Lipinski definition) is 0. The normalized spacial score (nSPS) is 16.4. The fourth-order valence-electron chi connectivity index (χ4n) is 2.76. The second-order valence-electron chi connectivity index (χ2n) is 5.79. The molecule has 0 radical (unpaired) electrons. The maximum atomic E-state index is 12.5. The van der Waals surface area contributed by atoms with E-state index in [1.807, 2.05) is 0 Å². The van der Waals surface area contributed by atoms with Gasteiger partial charge in [-0.25, -0.2) is 0 Å². The second-order valence-corrected chi connectivity index (χ2v) is 5.79. The SMILES string of the molecule is CCOC(=O)C1CCN(C(=O)[C@@H](C)Oc2ccc(OC)cc2)CC1. The molecule has 0 saturated carbocycles. The van der Waals surface area contributed by atoms with E-state index in [1.165, 1.54) is 0 Å². The van der Waals surface area contributed by atoms with Crippen LogP contribution in [0.5, 0.6) is 11.5 Å². The van der Waals surface area contributed by atoms with E-state index in [0.717, 1.165) is 5.75 Å². The molecule has 1 aromatic rings. The largest absolute Gasteiger partial charge is 0.497 e. The zero-order valence-corrected chi connectivity index (χ0v) is 14.5. The van der Waals surface area contributed by atoms with E-state index in [1.54, 1.807) is 50.1 Å². The van der Waals surface area contributed by atoms with E-state index in [4.69, 9.17) is 14.2 Å². The molecule has 1 aliphatic heterocycles. The Hall–Kier alpha value is -2.24. The summed E-state index contributed by atoms with van der Waals surface area (Å²) in [6.45, 7) is 5.04. The van der Waals surface area contributed by atoms with Crippen LogP contribution >= 0.6 is 0 Å². The number of benzene rings is 1. The lowest BCUT2D eigenvalue weighted by Gasteiger charge is -2.32. The summed E-state index contributed by atoms with van der Waals surface area (Å²) in [6, 6.07) is 7.12. The number of piperidine rings is 1. The van der Waals surface area contributed by atoms with E-state index >= 15 is 0 Å². The van der Waals surface area contributed by atoms with Gasteiger partial charge in [-0.15, -0.1) is 0 Å². The van der Waals surface area contributed by atoms with Gasteiger partial charge in [0.2, 0.25) is 0 Å². The van der Waals surface area contributed by atoms with Crippen LogP contribution in [0.1, 0.15) is 26.7 Å². The molecule has 6 heteroatoms. The number of nitrogens with zero attached hydrogens (tertiary/aromatic N) is 1. The van der Waals surface area contributed by atoms with Crippen LogP contribution in [-0.2, 0) is 14.3 Å². The van der Waals surface area contributed by atoms with Crippen molar-refractivity contribution in [3.05, 3.63) is 24.3 Å². The monoisotopic (exact) mass is 335 g/mol. The van der Waals surface area contributed by atoms with E-state index in [0.29, 0.717) is 38.3 Å². The Morgan fingerprint density at radius 1 is 1.17 bits per heavy atom. The molecule has 1 saturated heterocycles. The number of hydrogen-bond acceptors (Lipinski definition) is 5. The highest BCUT2D eigenvalue weighted by atomic mass is 16.5. The number of carbonyl (C=O) groups is 2. The lowest BCUT2D eigenvalue weighted by atomic mass is 9.97. The number of carbonyl (C=O) groups excluding carboxylic acids is 2. The number of amides is 1. The van der Waals surface area contributed by atoms with Gasteiger partial charge in [0, 0.05) is 13.1 Å². The van der Waals surface area contributed by atoms with Crippen LogP contribution in [0.3, 0.4) is 0 Å². The molecule has 24 heavy (non-hydrogen) atoms. The molecule has 0 bridgehead atoms. The van der Waals surface area contributed by atoms with Gasteiger partial charge in [-0.3, -0.25) is 9.59 Å². The predicted octanol–water partition coefficient (Wildman–Crippen LogP) is 2.26. The fraction of sp³-hybridized carbons (Fsp3) is 0.556. The predicted molar refractivity (Wildman–Crippen MR) is 89.0 cm³/mol. The molecular formula is C18H25NO5. The van der Waals surface area contributed by atoms with Crippen LogP contribution in [0, 0.1) is 5.92 Å². The van der Waals surface area contributed by atoms with Crippen molar-refractivity contribution in [2.45, 2.75) is 32.8 Å². The number of esters is 1. The van der Waals surface area contributed by atoms with Crippen LogP contribution in [0.4, 0.5) is 0 Å². The summed E-state index contributed by atoms with van der Waals surface area (Å²) >= 11 is 0. The average molecular weight is 335 g/mol. The zero-order chi connectivity index (χ0) is 17.5. The highest BCUT2D eigenvalue weighted by molar-refractivity contribution is 5.81. The van der Waals surface area contributed by atoms with E-state index in [9.17, 15) is 9.59 Å². The van der Waals surface area contributed by atoms with Crippen LogP contribution in [0.2, 0.25) is 0 Å². The van der Waals surface area contributed by atoms with Crippen molar-refractivity contribution < 1.29 is 23.8 Å². The minimum absolute atomic E-state index is 0.0619. The van der Waals surface area contributed by atoms with Crippen LogP contribution in [-0.4, -0.2) is 49.7 Å². The summed E-state index contributed by atoms with van der Waals surface area (Å²) in [6.07, 6.45) is 0.706. The molecule has 1 atom stereocenters. The van der Waals surface area contributed by atoms with Gasteiger partial charge < -0.3 is 19.1 Å². The van der Waals surface area contributed by atoms with Crippen LogP contribution < -0.4 is 9.47 Å². The van der Waals surface area contributed by atoms with E-state index in [-0.39, 0.29) is 17.8 Å². The Bertz CT molecular complexity index is 549. The van der Waals surface area contributed by atoms with E-state index < -0.39 is 6.10 Å². The average Bonchev–Trinajstić information content (AvgIpc) is 2.62. The first kappa shape index (κ1) is 18.1. The standard InChI is InChI=1S/C18H25NO5/c1-4-23-18(21)14-9-11-19(12-10-14)17(20)13(2)24-16-7-5-15(22-3)6-8-16/h5-8,13-14H,4,9-12H2,1-3H3/t13-/m1/s1. The summed E-state index contributed by atoms with van der Waals surface area (Å²) < 4.78 is 15.8. The molecule has 0 N–H and O–H groups in total. The molecule has 1 aromatic carbocycles. The van der Waals surface area contributed by atoms with Crippen LogP contribution in [0.25, 0.3) is 0 Å². The summed E-state index contributed by atoms with van der Waals surface area (Å²) in [5.41, 5.74) is 0. The van der Waals surface area contributed by atoms with Gasteiger partial charge in [0.25, 0.3) is 5.91 Å². The topological polar surface area (TPSA) is 65.1 Å². The highest BCUT2D eigenvalue weighted by Gasteiger charge is 2.30. The first-order valence-electron chi connectivity index (χ1n) is 8.31. The maximum Gasteiger partial charge on any atom is 0.309 e. The van der Waals surface area contributed by atoms with Crippen molar-refractivity contribution in [1.29, 1.82) is 0 Å². The van der Waals surface area contributed by atoms with E-state index in [2.05, 4.69) is 0 Å². The Kier molecular flexibility index (Phi) is 6.46. The first-order valence-corrected chi connectivity index (χ1v) is 8.31. The van der Waals surface area contributed by atoms with Crippen molar-refractivity contribution in [2.24, 2.45) is 5.92 Å². The molecule has 0 unspecified atom stereocenters. The molecule has 1 amide bonds. The van der Waals surface area contributed by atoms with Crippen molar-refractivity contribution >= 4 is 11.9 Å². The fourth-order valence-corrected chi connectivity index (χ4v) is 2.76. The first-order chi connectivity index (χ1) is 11.5. The van der Waals surface area contributed by atoms with Crippen LogP contribution in [0.15, 0.2) is 24.3 Å². The third-order valence-electron chi connectivity index (χ3n) is 4.15. The molecule has 0 aliphatic carbocycles. The number of ether oxygens (including phenoxy) is 3.